The van der Waals surface area contributed by atoms with Crippen molar-refractivity contribution in [2.45, 2.75) is 19.4 Å². The molecule has 0 bridgehead atoms. The van der Waals surface area contributed by atoms with E-state index in [-0.39, 0.29) is 0 Å². The monoisotopic (exact) mass is 266 g/mol. The number of nitrogens with zero attached hydrogens (tertiary/aromatic N) is 4. The Labute approximate surface area is 113 Å². The van der Waals surface area contributed by atoms with Crippen molar-refractivity contribution in [1.29, 1.82) is 0 Å². The molecule has 1 aliphatic heterocycles. The van der Waals surface area contributed by atoms with E-state index in [2.05, 4.69) is 39.2 Å². The number of likely N-dealkylation sites (N-methyl/N-ethyl adjacent to an activating group) is 1. The number of aromatic nitrogens is 2. The number of hydrazine groups is 1. The Morgan fingerprint density at radius 3 is 2.89 bits per heavy atom. The number of hydrogen-bond donors (Lipinski definition) is 2. The van der Waals surface area contributed by atoms with Gasteiger partial charge in [0.2, 0.25) is 5.75 Å². The Kier molecular flexibility index (Phi) is 4.39. The van der Waals surface area contributed by atoms with Gasteiger partial charge in [0.1, 0.15) is 6.33 Å². The van der Waals surface area contributed by atoms with E-state index in [9.17, 15) is 0 Å². The zero-order valence-corrected chi connectivity index (χ0v) is 11.8. The van der Waals surface area contributed by atoms with Crippen LogP contribution >= 0.6 is 0 Å². The van der Waals surface area contributed by atoms with Crippen LogP contribution in [0.4, 0.5) is 11.6 Å². The Balaban J connectivity index is 2.34. The summed E-state index contributed by atoms with van der Waals surface area (Å²) in [6, 6.07) is 0.363. The molecule has 1 aromatic rings. The van der Waals surface area contributed by atoms with E-state index in [1.807, 2.05) is 0 Å². The normalized spacial score (nSPS) is 21.1. The lowest BCUT2D eigenvalue weighted by atomic mass is 10.2. The van der Waals surface area contributed by atoms with Crippen LogP contribution in [0.3, 0.4) is 0 Å². The number of nitrogens with one attached hydrogen (secondary N) is 1. The summed E-state index contributed by atoms with van der Waals surface area (Å²) in [7, 11) is 3.75. The smallest absolute Gasteiger partial charge is 0.205 e. The van der Waals surface area contributed by atoms with Crippen molar-refractivity contribution in [3.05, 3.63) is 6.33 Å². The van der Waals surface area contributed by atoms with Gasteiger partial charge in [-0.1, -0.05) is 0 Å². The van der Waals surface area contributed by atoms with Crippen LogP contribution in [-0.4, -0.2) is 54.7 Å². The van der Waals surface area contributed by atoms with Gasteiger partial charge in [-0.15, -0.1) is 0 Å². The average Bonchev–Trinajstić information content (AvgIpc) is 2.58. The summed E-state index contributed by atoms with van der Waals surface area (Å²) in [4.78, 5) is 13.0. The molecule has 0 amide bonds. The highest BCUT2D eigenvalue weighted by Crippen LogP contribution is 2.33. The second kappa shape index (κ2) is 6.03. The number of nitrogen functional groups attached to an aromatic ring is 1. The van der Waals surface area contributed by atoms with Crippen LogP contribution in [0.1, 0.15) is 13.3 Å². The molecule has 3 N–H and O–H groups in total. The van der Waals surface area contributed by atoms with E-state index in [0.717, 1.165) is 31.9 Å². The van der Waals surface area contributed by atoms with Crippen LogP contribution in [0, 0.1) is 0 Å². The first kappa shape index (κ1) is 13.8. The molecule has 106 valence electrons. The Morgan fingerprint density at radius 2 is 2.21 bits per heavy atom. The first-order valence-corrected chi connectivity index (χ1v) is 6.48. The SMILES string of the molecule is COc1c(NN)ncnc1N1CCCN(C)CC1C. The molecular formula is C12H22N6O. The number of hydrogen-bond acceptors (Lipinski definition) is 7. The van der Waals surface area contributed by atoms with E-state index in [4.69, 9.17) is 10.6 Å². The summed E-state index contributed by atoms with van der Waals surface area (Å²) in [6.07, 6.45) is 2.60. The summed E-state index contributed by atoms with van der Waals surface area (Å²) in [5.74, 6) is 7.37. The quantitative estimate of drug-likeness (QED) is 0.601. The zero-order chi connectivity index (χ0) is 13.8. The number of ether oxygens (including phenoxy) is 1. The first-order valence-electron chi connectivity index (χ1n) is 6.48. The van der Waals surface area contributed by atoms with Gasteiger partial charge in [-0.25, -0.2) is 15.8 Å². The van der Waals surface area contributed by atoms with Crippen molar-refractivity contribution >= 4 is 11.6 Å². The van der Waals surface area contributed by atoms with Crippen LogP contribution in [0.5, 0.6) is 5.75 Å². The molecule has 0 radical (unpaired) electrons. The van der Waals surface area contributed by atoms with Crippen LogP contribution in [-0.2, 0) is 0 Å². The van der Waals surface area contributed by atoms with Crippen molar-refractivity contribution in [3.63, 3.8) is 0 Å². The van der Waals surface area contributed by atoms with E-state index in [1.165, 1.54) is 6.33 Å². The first-order chi connectivity index (χ1) is 9.17. The fourth-order valence-electron chi connectivity index (χ4n) is 2.55. The van der Waals surface area contributed by atoms with E-state index >= 15 is 0 Å². The molecule has 2 heterocycles. The van der Waals surface area contributed by atoms with Crippen LogP contribution in [0.2, 0.25) is 0 Å². The summed E-state index contributed by atoms with van der Waals surface area (Å²) in [6.45, 7) is 5.23. The fraction of sp³-hybridized carbons (Fsp3) is 0.667. The van der Waals surface area contributed by atoms with Crippen molar-refractivity contribution in [1.82, 2.24) is 14.9 Å². The van der Waals surface area contributed by atoms with Gasteiger partial charge >= 0.3 is 0 Å². The van der Waals surface area contributed by atoms with Crippen LogP contribution in [0.15, 0.2) is 6.33 Å². The molecule has 0 aliphatic carbocycles. The minimum Gasteiger partial charge on any atom is -0.490 e. The average molecular weight is 266 g/mol. The molecule has 1 aromatic heterocycles. The standard InChI is InChI=1S/C12H22N6O/c1-9-7-17(2)5-4-6-18(9)12-10(19-3)11(16-13)14-8-15-12/h8-9H,4-7,13H2,1-3H3,(H,14,15,16). The van der Waals surface area contributed by atoms with Gasteiger partial charge in [-0.3, -0.25) is 0 Å². The molecule has 0 spiro atoms. The zero-order valence-electron chi connectivity index (χ0n) is 11.8. The van der Waals surface area contributed by atoms with Gasteiger partial charge in [0.25, 0.3) is 0 Å². The summed E-state index contributed by atoms with van der Waals surface area (Å²) in [5, 5.41) is 0. The maximum Gasteiger partial charge on any atom is 0.205 e. The molecular weight excluding hydrogens is 244 g/mol. The predicted molar refractivity (Wildman–Crippen MR) is 75.3 cm³/mol. The number of anilines is 2. The molecule has 1 aliphatic rings. The number of methoxy groups -OCH3 is 1. The van der Waals surface area contributed by atoms with Gasteiger partial charge in [0, 0.05) is 19.1 Å². The fourth-order valence-corrected chi connectivity index (χ4v) is 2.55. The second-order valence-corrected chi connectivity index (χ2v) is 4.88. The highest BCUT2D eigenvalue weighted by Gasteiger charge is 2.25. The van der Waals surface area contributed by atoms with Gasteiger partial charge < -0.3 is 20.0 Å². The Bertz CT molecular complexity index is 427. The maximum absolute atomic E-state index is 5.47. The second-order valence-electron chi connectivity index (χ2n) is 4.88. The molecule has 1 unspecified atom stereocenters. The van der Waals surface area contributed by atoms with Crippen LogP contribution < -0.4 is 20.9 Å². The van der Waals surface area contributed by atoms with Crippen molar-refractivity contribution in [3.8, 4) is 5.75 Å². The minimum atomic E-state index is 0.363. The highest BCUT2D eigenvalue weighted by molar-refractivity contribution is 5.64. The lowest BCUT2D eigenvalue weighted by Crippen LogP contribution is -2.38. The highest BCUT2D eigenvalue weighted by atomic mass is 16.5. The largest absolute Gasteiger partial charge is 0.490 e. The molecule has 7 nitrogen and oxygen atoms in total. The Hall–Kier alpha value is -1.60. The van der Waals surface area contributed by atoms with Gasteiger partial charge in [0.15, 0.2) is 11.6 Å². The lowest BCUT2D eigenvalue weighted by Gasteiger charge is -2.30. The third-order valence-corrected chi connectivity index (χ3v) is 3.44. The predicted octanol–water partition coefficient (Wildman–Crippen LogP) is 0.301. The topological polar surface area (TPSA) is 79.5 Å². The van der Waals surface area contributed by atoms with Gasteiger partial charge in [-0.05, 0) is 26.9 Å². The molecule has 2 rings (SSSR count). The molecule has 1 fully saturated rings. The maximum atomic E-state index is 5.47. The van der Waals surface area contributed by atoms with Gasteiger partial charge in [0.05, 0.1) is 7.11 Å². The lowest BCUT2D eigenvalue weighted by molar-refractivity contribution is 0.336. The van der Waals surface area contributed by atoms with Crippen molar-refractivity contribution in [2.24, 2.45) is 5.84 Å². The molecule has 0 saturated carbocycles. The van der Waals surface area contributed by atoms with E-state index in [1.54, 1.807) is 7.11 Å². The number of rotatable bonds is 3. The Morgan fingerprint density at radius 1 is 1.42 bits per heavy atom. The molecule has 1 atom stereocenters. The van der Waals surface area contributed by atoms with E-state index in [0.29, 0.717) is 17.6 Å². The third kappa shape index (κ3) is 2.87. The van der Waals surface area contributed by atoms with Crippen LogP contribution in [0.25, 0.3) is 0 Å². The van der Waals surface area contributed by atoms with Crippen molar-refractivity contribution in [2.75, 3.05) is 44.1 Å². The molecule has 19 heavy (non-hydrogen) atoms. The third-order valence-electron chi connectivity index (χ3n) is 3.44. The minimum absolute atomic E-state index is 0.363. The summed E-state index contributed by atoms with van der Waals surface area (Å²) in [5.41, 5.74) is 2.55. The molecule has 7 heteroatoms. The molecule has 1 saturated heterocycles. The number of nitrogens with two attached hydrogens (primary N) is 1. The summed E-state index contributed by atoms with van der Waals surface area (Å²) >= 11 is 0. The van der Waals surface area contributed by atoms with E-state index < -0.39 is 0 Å². The summed E-state index contributed by atoms with van der Waals surface area (Å²) < 4.78 is 5.41. The van der Waals surface area contributed by atoms with Gasteiger partial charge in [-0.2, -0.15) is 0 Å². The molecule has 0 aromatic carbocycles. The van der Waals surface area contributed by atoms with Crippen molar-refractivity contribution < 1.29 is 4.74 Å².